The Balaban J connectivity index is 2.70. The van der Waals surface area contributed by atoms with Gasteiger partial charge in [-0.1, -0.05) is 48.0 Å². The van der Waals surface area contributed by atoms with Gasteiger partial charge in [0, 0.05) is 10.6 Å². The average molecular weight is 276 g/mol. The van der Waals surface area contributed by atoms with Crippen molar-refractivity contribution in [1.29, 1.82) is 0 Å². The number of hydrogen-bond acceptors (Lipinski definition) is 2. The summed E-state index contributed by atoms with van der Waals surface area (Å²) < 4.78 is 0. The molecule has 2 aromatic carbocycles. The molecule has 1 atom stereocenters. The summed E-state index contributed by atoms with van der Waals surface area (Å²) in [5.74, 6) is -0.830. The minimum atomic E-state index is -1.88. The molecule has 0 spiro atoms. The standard InChI is InChI=1S/C15H14ClNO2/c1-10-7-8-12(16)9-13(10)15(19,14(17)18)11-5-3-2-4-6-11/h2-9,19H,1H3,(H2,17,18). The summed E-state index contributed by atoms with van der Waals surface area (Å²) in [5, 5.41) is 11.2. The molecule has 1 amide bonds. The lowest BCUT2D eigenvalue weighted by Crippen LogP contribution is -2.42. The molecular weight excluding hydrogens is 262 g/mol. The zero-order chi connectivity index (χ0) is 14.0. The van der Waals surface area contributed by atoms with Crippen molar-refractivity contribution in [1.82, 2.24) is 0 Å². The molecule has 0 aromatic heterocycles. The van der Waals surface area contributed by atoms with Crippen molar-refractivity contribution >= 4 is 17.5 Å². The van der Waals surface area contributed by atoms with Crippen molar-refractivity contribution < 1.29 is 9.90 Å². The first-order chi connectivity index (χ1) is 8.96. The molecule has 3 nitrogen and oxygen atoms in total. The Morgan fingerprint density at radius 1 is 1.21 bits per heavy atom. The topological polar surface area (TPSA) is 63.3 Å². The molecule has 2 rings (SSSR count). The number of nitrogens with two attached hydrogens (primary N) is 1. The van der Waals surface area contributed by atoms with E-state index >= 15 is 0 Å². The van der Waals surface area contributed by atoms with Crippen LogP contribution in [0.2, 0.25) is 5.02 Å². The van der Waals surface area contributed by atoms with Crippen molar-refractivity contribution in [2.45, 2.75) is 12.5 Å². The number of primary amides is 1. The zero-order valence-electron chi connectivity index (χ0n) is 10.4. The maximum Gasteiger partial charge on any atom is 0.258 e. The Morgan fingerprint density at radius 2 is 1.84 bits per heavy atom. The van der Waals surface area contributed by atoms with Crippen LogP contribution in [-0.2, 0) is 10.4 Å². The molecule has 98 valence electrons. The van der Waals surface area contributed by atoms with Crippen LogP contribution in [0.3, 0.4) is 0 Å². The molecule has 0 radical (unpaired) electrons. The molecule has 2 aromatic rings. The third-order valence-corrected chi connectivity index (χ3v) is 3.37. The van der Waals surface area contributed by atoms with Crippen LogP contribution in [0, 0.1) is 6.92 Å². The first-order valence-electron chi connectivity index (χ1n) is 5.80. The van der Waals surface area contributed by atoms with E-state index in [4.69, 9.17) is 17.3 Å². The van der Waals surface area contributed by atoms with E-state index in [1.807, 2.05) is 0 Å². The van der Waals surface area contributed by atoms with Gasteiger partial charge >= 0.3 is 0 Å². The van der Waals surface area contributed by atoms with Gasteiger partial charge < -0.3 is 10.8 Å². The van der Waals surface area contributed by atoms with E-state index in [-0.39, 0.29) is 0 Å². The number of amides is 1. The van der Waals surface area contributed by atoms with Crippen LogP contribution in [0.5, 0.6) is 0 Å². The van der Waals surface area contributed by atoms with Gasteiger partial charge in [-0.15, -0.1) is 0 Å². The third-order valence-electron chi connectivity index (χ3n) is 3.14. The maximum atomic E-state index is 11.8. The number of aryl methyl sites for hydroxylation is 1. The fourth-order valence-corrected chi connectivity index (χ4v) is 2.27. The molecule has 19 heavy (non-hydrogen) atoms. The van der Waals surface area contributed by atoms with Crippen LogP contribution in [0.4, 0.5) is 0 Å². The van der Waals surface area contributed by atoms with Crippen LogP contribution in [0.1, 0.15) is 16.7 Å². The number of halogens is 1. The van der Waals surface area contributed by atoms with E-state index in [0.29, 0.717) is 16.1 Å². The molecule has 0 aliphatic heterocycles. The summed E-state index contributed by atoms with van der Waals surface area (Å²) in [6.45, 7) is 1.79. The van der Waals surface area contributed by atoms with Crippen molar-refractivity contribution in [2.24, 2.45) is 5.73 Å². The van der Waals surface area contributed by atoms with Crippen molar-refractivity contribution in [3.63, 3.8) is 0 Å². The quantitative estimate of drug-likeness (QED) is 0.903. The molecule has 0 aliphatic carbocycles. The maximum absolute atomic E-state index is 11.8. The normalized spacial score (nSPS) is 13.8. The fourth-order valence-electron chi connectivity index (χ4n) is 2.09. The summed E-state index contributed by atoms with van der Waals surface area (Å²) in [6, 6.07) is 13.6. The lowest BCUT2D eigenvalue weighted by Gasteiger charge is -2.27. The SMILES string of the molecule is Cc1ccc(Cl)cc1C(O)(C(N)=O)c1ccccc1. The number of benzene rings is 2. The number of carbonyl (C=O) groups excluding carboxylic acids is 1. The largest absolute Gasteiger partial charge is 0.372 e. The molecular formula is C15H14ClNO2. The molecule has 3 N–H and O–H groups in total. The number of aliphatic hydroxyl groups is 1. The predicted molar refractivity (Wildman–Crippen MR) is 74.8 cm³/mol. The van der Waals surface area contributed by atoms with Crippen LogP contribution < -0.4 is 5.73 Å². The van der Waals surface area contributed by atoms with Crippen LogP contribution in [0.15, 0.2) is 48.5 Å². The van der Waals surface area contributed by atoms with Gasteiger partial charge in [0.25, 0.3) is 5.91 Å². The van der Waals surface area contributed by atoms with E-state index in [0.717, 1.165) is 5.56 Å². The summed E-state index contributed by atoms with van der Waals surface area (Å²) in [7, 11) is 0. The minimum Gasteiger partial charge on any atom is -0.372 e. The molecule has 1 unspecified atom stereocenters. The summed E-state index contributed by atoms with van der Waals surface area (Å²) in [4.78, 5) is 11.8. The van der Waals surface area contributed by atoms with E-state index in [9.17, 15) is 9.90 Å². The highest BCUT2D eigenvalue weighted by Gasteiger charge is 2.39. The number of rotatable bonds is 3. The predicted octanol–water partition coefficient (Wildman–Crippen LogP) is 2.37. The van der Waals surface area contributed by atoms with Gasteiger partial charge in [0.1, 0.15) is 0 Å². The molecule has 0 aliphatic rings. The highest BCUT2D eigenvalue weighted by atomic mass is 35.5. The monoisotopic (exact) mass is 275 g/mol. The van der Waals surface area contributed by atoms with Crippen molar-refractivity contribution in [3.8, 4) is 0 Å². The lowest BCUT2D eigenvalue weighted by molar-refractivity contribution is -0.133. The lowest BCUT2D eigenvalue weighted by atomic mass is 9.83. The van der Waals surface area contributed by atoms with E-state index in [1.54, 1.807) is 55.5 Å². The Hall–Kier alpha value is -1.84. The Kier molecular flexibility index (Phi) is 3.60. The molecule has 0 saturated heterocycles. The van der Waals surface area contributed by atoms with Crippen molar-refractivity contribution in [2.75, 3.05) is 0 Å². The third kappa shape index (κ3) is 2.35. The Morgan fingerprint density at radius 3 is 2.42 bits per heavy atom. The van der Waals surface area contributed by atoms with Gasteiger partial charge in [0.05, 0.1) is 0 Å². The average Bonchev–Trinajstić information content (AvgIpc) is 2.41. The minimum absolute atomic E-state index is 0.402. The van der Waals surface area contributed by atoms with Gasteiger partial charge in [-0.2, -0.15) is 0 Å². The van der Waals surface area contributed by atoms with Gasteiger partial charge in [-0.25, -0.2) is 0 Å². The molecule has 0 heterocycles. The highest BCUT2D eigenvalue weighted by molar-refractivity contribution is 6.30. The fraction of sp³-hybridized carbons (Fsp3) is 0.133. The van der Waals surface area contributed by atoms with Gasteiger partial charge in [0.2, 0.25) is 0 Å². The van der Waals surface area contributed by atoms with Gasteiger partial charge in [0.15, 0.2) is 5.60 Å². The van der Waals surface area contributed by atoms with Gasteiger partial charge in [-0.3, -0.25) is 4.79 Å². The molecule has 0 saturated carbocycles. The Labute approximate surface area is 116 Å². The smallest absolute Gasteiger partial charge is 0.258 e. The summed E-state index contributed by atoms with van der Waals surface area (Å²) in [6.07, 6.45) is 0. The Bertz CT molecular complexity index is 613. The number of carbonyl (C=O) groups is 1. The van der Waals surface area contributed by atoms with E-state index in [2.05, 4.69) is 0 Å². The second kappa shape index (κ2) is 5.03. The highest BCUT2D eigenvalue weighted by Crippen LogP contribution is 2.33. The van der Waals surface area contributed by atoms with E-state index < -0.39 is 11.5 Å². The molecule has 4 heteroatoms. The molecule has 0 bridgehead atoms. The second-order valence-corrected chi connectivity index (χ2v) is 4.84. The second-order valence-electron chi connectivity index (χ2n) is 4.40. The first-order valence-corrected chi connectivity index (χ1v) is 6.18. The van der Waals surface area contributed by atoms with E-state index in [1.165, 1.54) is 0 Å². The van der Waals surface area contributed by atoms with Crippen molar-refractivity contribution in [3.05, 3.63) is 70.2 Å². The molecule has 0 fully saturated rings. The van der Waals surface area contributed by atoms with Crippen LogP contribution in [0.25, 0.3) is 0 Å². The zero-order valence-corrected chi connectivity index (χ0v) is 11.2. The summed E-state index contributed by atoms with van der Waals surface area (Å²) >= 11 is 5.95. The first kappa shape index (κ1) is 13.6. The van der Waals surface area contributed by atoms with Crippen LogP contribution >= 0.6 is 11.6 Å². The van der Waals surface area contributed by atoms with Crippen LogP contribution in [-0.4, -0.2) is 11.0 Å². The van der Waals surface area contributed by atoms with Gasteiger partial charge in [-0.05, 0) is 30.2 Å². The number of hydrogen-bond donors (Lipinski definition) is 2. The summed E-state index contributed by atoms with van der Waals surface area (Å²) in [5.41, 5.74) is 5.11.